The van der Waals surface area contributed by atoms with Crippen molar-refractivity contribution in [2.24, 2.45) is 11.7 Å². The molecule has 2 nitrogen and oxygen atoms in total. The molecule has 0 rings (SSSR count). The molecule has 0 aromatic heterocycles. The Morgan fingerprint density at radius 3 is 2.18 bits per heavy atom. The summed E-state index contributed by atoms with van der Waals surface area (Å²) in [6.07, 6.45) is 0. The van der Waals surface area contributed by atoms with Crippen LogP contribution in [0.1, 0.15) is 13.8 Å². The predicted octanol–water partition coefficient (Wildman–Crippen LogP) is 0.0693. The van der Waals surface area contributed by atoms with Crippen LogP contribution in [0.4, 0.5) is 0 Å². The molecule has 0 spiro atoms. The van der Waals surface area contributed by atoms with Crippen molar-refractivity contribution >= 4 is 15.7 Å². The molecule has 0 heterocycles. The third-order valence-corrected chi connectivity index (χ3v) is 1.99. The summed E-state index contributed by atoms with van der Waals surface area (Å²) in [4.78, 5) is 0. The average Bonchev–Trinajstić information content (AvgIpc) is 1.88. The van der Waals surface area contributed by atoms with Gasteiger partial charge in [-0.3, -0.25) is 0 Å². The first-order valence-corrected chi connectivity index (χ1v) is 3.75. The van der Waals surface area contributed by atoms with Crippen molar-refractivity contribution in [2.75, 3.05) is 13.7 Å². The van der Waals surface area contributed by atoms with Gasteiger partial charge < -0.3 is 10.5 Å². The molecular formula is C7H15B2NO. The number of methoxy groups -OCH3 is 1. The van der Waals surface area contributed by atoms with Gasteiger partial charge >= 0.3 is 0 Å². The molecule has 0 aliphatic heterocycles. The molecule has 2 N–H and O–H groups in total. The van der Waals surface area contributed by atoms with Gasteiger partial charge in [0, 0.05) is 13.2 Å². The third-order valence-electron chi connectivity index (χ3n) is 1.99. The Morgan fingerprint density at radius 2 is 1.91 bits per heavy atom. The standard InChI is InChI=1S/C7H15B2NO/c1-5(2)7(8,9)6(10)4-11-3/h5-6H,4,10H2,1-3H3. The van der Waals surface area contributed by atoms with Crippen LogP contribution < -0.4 is 5.73 Å². The van der Waals surface area contributed by atoms with E-state index in [1.165, 1.54) is 0 Å². The maximum Gasteiger partial charge on any atom is 0.0645 e. The molecule has 0 bridgehead atoms. The van der Waals surface area contributed by atoms with Crippen LogP contribution >= 0.6 is 0 Å². The second kappa shape index (κ2) is 4.17. The molecule has 0 fully saturated rings. The lowest BCUT2D eigenvalue weighted by molar-refractivity contribution is 0.166. The Morgan fingerprint density at radius 1 is 1.45 bits per heavy atom. The number of rotatable bonds is 4. The Labute approximate surface area is 71.7 Å². The van der Waals surface area contributed by atoms with E-state index in [2.05, 4.69) is 0 Å². The van der Waals surface area contributed by atoms with E-state index in [0.717, 1.165) is 0 Å². The van der Waals surface area contributed by atoms with Crippen molar-refractivity contribution < 1.29 is 4.74 Å². The fraction of sp³-hybridized carbons (Fsp3) is 1.00. The van der Waals surface area contributed by atoms with E-state index in [1.807, 2.05) is 13.8 Å². The van der Waals surface area contributed by atoms with Gasteiger partial charge in [-0.05, 0) is 0 Å². The molecule has 0 aromatic rings. The molecule has 0 aliphatic carbocycles. The predicted molar refractivity (Wildman–Crippen MR) is 48.9 cm³/mol. The smallest absolute Gasteiger partial charge is 0.0645 e. The minimum Gasteiger partial charge on any atom is -0.383 e. The van der Waals surface area contributed by atoms with Crippen molar-refractivity contribution in [3.8, 4) is 0 Å². The molecule has 0 saturated heterocycles. The second-order valence-corrected chi connectivity index (χ2v) is 3.22. The van der Waals surface area contributed by atoms with E-state index in [4.69, 9.17) is 26.2 Å². The SMILES string of the molecule is [B]C([B])(C(C)C)C(N)COC. The highest BCUT2D eigenvalue weighted by Crippen LogP contribution is 2.30. The van der Waals surface area contributed by atoms with E-state index in [0.29, 0.717) is 6.61 Å². The van der Waals surface area contributed by atoms with Crippen LogP contribution in [0.5, 0.6) is 0 Å². The zero-order chi connectivity index (χ0) is 9.07. The van der Waals surface area contributed by atoms with Gasteiger partial charge in [-0.25, -0.2) is 0 Å². The summed E-state index contributed by atoms with van der Waals surface area (Å²) in [6, 6.07) is -0.313. The summed E-state index contributed by atoms with van der Waals surface area (Å²) >= 11 is 0. The van der Waals surface area contributed by atoms with Gasteiger partial charge in [-0.15, -0.1) is 0 Å². The molecule has 0 aliphatic rings. The van der Waals surface area contributed by atoms with Crippen LogP contribution in [-0.4, -0.2) is 35.5 Å². The summed E-state index contributed by atoms with van der Waals surface area (Å²) in [7, 11) is 13.1. The van der Waals surface area contributed by atoms with Crippen LogP contribution in [0.3, 0.4) is 0 Å². The normalized spacial score (nSPS) is 15.4. The Hall–Kier alpha value is 0.0499. The Balaban J connectivity index is 4.05. The summed E-state index contributed by atoms with van der Waals surface area (Å²) in [6.45, 7) is 4.27. The van der Waals surface area contributed by atoms with Crippen LogP contribution in [0.2, 0.25) is 5.21 Å². The molecule has 0 saturated carbocycles. The van der Waals surface area contributed by atoms with Gasteiger partial charge in [0.05, 0.1) is 22.3 Å². The fourth-order valence-electron chi connectivity index (χ4n) is 0.752. The molecule has 4 heteroatoms. The van der Waals surface area contributed by atoms with Crippen molar-refractivity contribution in [3.63, 3.8) is 0 Å². The maximum absolute atomic E-state index is 5.76. The summed E-state index contributed by atoms with van der Waals surface area (Å²) < 4.78 is 4.86. The topological polar surface area (TPSA) is 35.2 Å². The molecule has 1 atom stereocenters. The minimum atomic E-state index is -0.837. The van der Waals surface area contributed by atoms with Crippen LogP contribution in [0, 0.1) is 5.92 Å². The summed E-state index contributed by atoms with van der Waals surface area (Å²) in [5.74, 6) is 0.146. The van der Waals surface area contributed by atoms with Crippen LogP contribution in [-0.2, 0) is 4.74 Å². The number of nitrogens with two attached hydrogens (primary N) is 1. The molecule has 0 aromatic carbocycles. The second-order valence-electron chi connectivity index (χ2n) is 3.22. The maximum atomic E-state index is 5.76. The van der Waals surface area contributed by atoms with Gasteiger partial charge in [0.25, 0.3) is 0 Å². The highest BCUT2D eigenvalue weighted by atomic mass is 16.5. The van der Waals surface area contributed by atoms with E-state index in [9.17, 15) is 0 Å². The lowest BCUT2D eigenvalue weighted by Crippen LogP contribution is -2.43. The lowest BCUT2D eigenvalue weighted by atomic mass is 9.46. The minimum absolute atomic E-state index is 0.146. The molecule has 4 radical (unpaired) electrons. The Bertz CT molecular complexity index is 117. The van der Waals surface area contributed by atoms with E-state index in [1.54, 1.807) is 7.11 Å². The third kappa shape index (κ3) is 2.88. The highest BCUT2D eigenvalue weighted by molar-refractivity contribution is 6.40. The first-order chi connectivity index (χ1) is 4.92. The van der Waals surface area contributed by atoms with Crippen molar-refractivity contribution in [2.45, 2.75) is 25.1 Å². The molecule has 11 heavy (non-hydrogen) atoms. The van der Waals surface area contributed by atoms with Crippen molar-refractivity contribution in [1.82, 2.24) is 0 Å². The highest BCUT2D eigenvalue weighted by Gasteiger charge is 2.28. The largest absolute Gasteiger partial charge is 0.383 e. The quantitative estimate of drug-likeness (QED) is 0.576. The lowest BCUT2D eigenvalue weighted by Gasteiger charge is -2.36. The summed E-state index contributed by atoms with van der Waals surface area (Å²) in [5, 5.41) is -0.837. The molecule has 1 unspecified atom stereocenters. The first-order valence-electron chi connectivity index (χ1n) is 3.75. The monoisotopic (exact) mass is 151 g/mol. The van der Waals surface area contributed by atoms with Crippen LogP contribution in [0.15, 0.2) is 0 Å². The first kappa shape index (κ1) is 11.0. The van der Waals surface area contributed by atoms with E-state index < -0.39 is 5.21 Å². The fourth-order valence-corrected chi connectivity index (χ4v) is 0.752. The molecule has 0 amide bonds. The van der Waals surface area contributed by atoms with Gasteiger partial charge in [0.2, 0.25) is 0 Å². The van der Waals surface area contributed by atoms with Crippen molar-refractivity contribution in [3.05, 3.63) is 0 Å². The average molecular weight is 151 g/mol. The zero-order valence-electron chi connectivity index (χ0n) is 7.50. The number of hydrogen-bond donors (Lipinski definition) is 1. The van der Waals surface area contributed by atoms with Gasteiger partial charge in [0.1, 0.15) is 0 Å². The number of hydrogen-bond acceptors (Lipinski definition) is 2. The molecular weight excluding hydrogens is 136 g/mol. The van der Waals surface area contributed by atoms with E-state index >= 15 is 0 Å². The van der Waals surface area contributed by atoms with Gasteiger partial charge in [-0.2, -0.15) is 0 Å². The van der Waals surface area contributed by atoms with Crippen molar-refractivity contribution in [1.29, 1.82) is 0 Å². The van der Waals surface area contributed by atoms with Crippen LogP contribution in [0.25, 0.3) is 0 Å². The zero-order valence-corrected chi connectivity index (χ0v) is 7.50. The van der Waals surface area contributed by atoms with Gasteiger partial charge in [-0.1, -0.05) is 25.0 Å². The number of ether oxygens (including phenoxy) is 1. The summed E-state index contributed by atoms with van der Waals surface area (Å²) in [5.41, 5.74) is 5.69. The Kier molecular flexibility index (Phi) is 4.19. The van der Waals surface area contributed by atoms with Gasteiger partial charge in [0.15, 0.2) is 0 Å². The van der Waals surface area contributed by atoms with E-state index in [-0.39, 0.29) is 12.0 Å². The molecule has 60 valence electrons.